The number of ether oxygens (including phenoxy) is 1. The van der Waals surface area contributed by atoms with E-state index in [1.54, 1.807) is 12.4 Å². The van der Waals surface area contributed by atoms with Gasteiger partial charge in [0.2, 0.25) is 0 Å². The van der Waals surface area contributed by atoms with Crippen molar-refractivity contribution in [1.82, 2.24) is 24.6 Å². The SMILES string of the molecule is CN(C)Cc1nc(Nc2ccc(-c3cnc4cc(F)ccn34)c3c2C(=O)NC3)ccc1N1CCC(O)(COCC=O)CC1. The molecule has 0 unspecified atom stereocenters. The number of rotatable bonds is 10. The number of anilines is 3. The van der Waals surface area contributed by atoms with Crippen LogP contribution < -0.4 is 15.5 Å². The zero-order valence-corrected chi connectivity index (χ0v) is 24.1. The Bertz CT molecular complexity index is 1680. The van der Waals surface area contributed by atoms with Gasteiger partial charge in [0.05, 0.1) is 46.7 Å². The molecular formula is C31H34FN7O4. The van der Waals surface area contributed by atoms with Crippen molar-refractivity contribution in [2.75, 3.05) is 50.6 Å². The van der Waals surface area contributed by atoms with Gasteiger partial charge in [0.15, 0.2) is 0 Å². The molecule has 6 rings (SSSR count). The summed E-state index contributed by atoms with van der Waals surface area (Å²) in [7, 11) is 3.96. The van der Waals surface area contributed by atoms with Gasteiger partial charge in [-0.05, 0) is 56.8 Å². The number of fused-ring (bicyclic) bond motifs is 2. The van der Waals surface area contributed by atoms with Crippen LogP contribution in [0.5, 0.6) is 0 Å². The number of nitrogens with one attached hydrogen (secondary N) is 2. The number of carbonyl (C=O) groups is 2. The molecule has 3 aromatic heterocycles. The Balaban J connectivity index is 1.27. The molecule has 2 aliphatic heterocycles. The molecule has 2 aliphatic rings. The van der Waals surface area contributed by atoms with E-state index in [0.29, 0.717) is 68.0 Å². The molecule has 4 aromatic rings. The lowest BCUT2D eigenvalue weighted by Gasteiger charge is -2.39. The Morgan fingerprint density at radius 3 is 2.79 bits per heavy atom. The third-order valence-corrected chi connectivity index (χ3v) is 7.99. The zero-order valence-electron chi connectivity index (χ0n) is 24.1. The van der Waals surface area contributed by atoms with Gasteiger partial charge in [-0.3, -0.25) is 9.20 Å². The molecule has 3 N–H and O–H groups in total. The van der Waals surface area contributed by atoms with E-state index < -0.39 is 5.60 Å². The number of amides is 1. The highest BCUT2D eigenvalue weighted by atomic mass is 19.1. The van der Waals surface area contributed by atoms with Crippen molar-refractivity contribution >= 4 is 35.0 Å². The lowest BCUT2D eigenvalue weighted by Crippen LogP contribution is -2.47. The number of pyridine rings is 2. The van der Waals surface area contributed by atoms with E-state index in [1.807, 2.05) is 47.7 Å². The van der Waals surface area contributed by atoms with Crippen molar-refractivity contribution in [3.05, 3.63) is 71.4 Å². The number of aldehydes is 1. The van der Waals surface area contributed by atoms with Gasteiger partial charge in [-0.25, -0.2) is 14.4 Å². The highest BCUT2D eigenvalue weighted by Gasteiger charge is 2.33. The number of aromatic nitrogens is 3. The maximum absolute atomic E-state index is 13.7. The number of imidazole rings is 1. The summed E-state index contributed by atoms with van der Waals surface area (Å²) >= 11 is 0. The Morgan fingerprint density at radius 2 is 2.02 bits per heavy atom. The van der Waals surface area contributed by atoms with E-state index in [0.717, 1.165) is 28.2 Å². The van der Waals surface area contributed by atoms with Gasteiger partial charge < -0.3 is 35.1 Å². The van der Waals surface area contributed by atoms with Crippen LogP contribution in [0.1, 0.15) is 34.5 Å². The maximum Gasteiger partial charge on any atom is 0.254 e. The Hall–Kier alpha value is -4.39. The molecule has 1 saturated heterocycles. The van der Waals surface area contributed by atoms with Crippen LogP contribution in [-0.4, -0.2) is 82.6 Å². The van der Waals surface area contributed by atoms with E-state index in [1.165, 1.54) is 12.1 Å². The second-order valence-electron chi connectivity index (χ2n) is 11.3. The molecule has 1 aromatic carbocycles. The number of carbonyl (C=O) groups excluding carboxylic acids is 2. The standard InChI is InChI=1S/C31H34FN7O4/c1-37(2)18-24-25(38-11-8-31(42,9-12-38)19-43-14-13-40)5-6-27(36-24)35-23-4-3-21(22-16-34-30(41)29(22)23)26-17-33-28-15-20(32)7-10-39(26)28/h3-7,10,13,15,17,42H,8-9,11-12,14,16,18-19H2,1-2H3,(H,34,41)(H,35,36). The van der Waals surface area contributed by atoms with Gasteiger partial charge in [0.25, 0.3) is 5.91 Å². The summed E-state index contributed by atoms with van der Waals surface area (Å²) in [6.45, 7) is 2.33. The molecule has 11 nitrogen and oxygen atoms in total. The maximum atomic E-state index is 13.7. The van der Waals surface area contributed by atoms with E-state index in [2.05, 4.69) is 20.5 Å². The van der Waals surface area contributed by atoms with Gasteiger partial charge in [0, 0.05) is 44.0 Å². The Kier molecular flexibility index (Phi) is 7.82. The first-order chi connectivity index (χ1) is 20.7. The van der Waals surface area contributed by atoms with Crippen LogP contribution in [-0.2, 0) is 22.6 Å². The summed E-state index contributed by atoms with van der Waals surface area (Å²) in [6.07, 6.45) is 5.05. The lowest BCUT2D eigenvalue weighted by molar-refractivity contribution is -0.116. The zero-order chi connectivity index (χ0) is 30.1. The van der Waals surface area contributed by atoms with Gasteiger partial charge in [-0.15, -0.1) is 0 Å². The quantitative estimate of drug-likeness (QED) is 0.190. The normalized spacial score (nSPS) is 16.0. The number of nitrogens with zero attached hydrogens (tertiary/aromatic N) is 5. The molecule has 5 heterocycles. The number of benzene rings is 1. The fourth-order valence-corrected chi connectivity index (χ4v) is 5.86. The molecule has 0 aliphatic carbocycles. The topological polar surface area (TPSA) is 124 Å². The number of aliphatic hydroxyl groups is 1. The molecule has 0 bridgehead atoms. The second-order valence-corrected chi connectivity index (χ2v) is 11.3. The molecule has 1 amide bonds. The predicted molar refractivity (Wildman–Crippen MR) is 160 cm³/mol. The lowest BCUT2D eigenvalue weighted by atomic mass is 9.92. The number of halogens is 1. The van der Waals surface area contributed by atoms with Crippen LogP contribution in [0, 0.1) is 5.82 Å². The summed E-state index contributed by atoms with van der Waals surface area (Å²) in [5.41, 5.74) is 5.03. The van der Waals surface area contributed by atoms with Crippen LogP contribution in [0.4, 0.5) is 21.6 Å². The molecule has 1 fully saturated rings. The highest BCUT2D eigenvalue weighted by molar-refractivity contribution is 6.06. The molecule has 12 heteroatoms. The van der Waals surface area contributed by atoms with E-state index >= 15 is 0 Å². The fourth-order valence-electron chi connectivity index (χ4n) is 5.86. The van der Waals surface area contributed by atoms with Gasteiger partial charge in [0.1, 0.15) is 30.2 Å². The molecule has 0 radical (unpaired) electrons. The molecule has 0 atom stereocenters. The third kappa shape index (κ3) is 5.81. The molecule has 43 heavy (non-hydrogen) atoms. The molecular weight excluding hydrogens is 553 g/mol. The number of piperidine rings is 1. The Morgan fingerprint density at radius 1 is 1.21 bits per heavy atom. The first-order valence-electron chi connectivity index (χ1n) is 14.2. The average molecular weight is 588 g/mol. The van der Waals surface area contributed by atoms with Crippen molar-refractivity contribution in [3.63, 3.8) is 0 Å². The summed E-state index contributed by atoms with van der Waals surface area (Å²) in [5, 5.41) is 17.2. The largest absolute Gasteiger partial charge is 0.387 e. The fraction of sp³-hybridized carbons (Fsp3) is 0.355. The number of hydrogen-bond acceptors (Lipinski definition) is 9. The van der Waals surface area contributed by atoms with Crippen LogP contribution in [0.15, 0.2) is 48.8 Å². The van der Waals surface area contributed by atoms with Crippen molar-refractivity contribution in [1.29, 1.82) is 0 Å². The van der Waals surface area contributed by atoms with Crippen LogP contribution in [0.3, 0.4) is 0 Å². The minimum atomic E-state index is -0.956. The first-order valence-corrected chi connectivity index (χ1v) is 14.2. The molecule has 0 saturated carbocycles. The minimum absolute atomic E-state index is 0.0210. The molecule has 0 spiro atoms. The highest BCUT2D eigenvalue weighted by Crippen LogP contribution is 2.36. The monoisotopic (exact) mass is 587 g/mol. The van der Waals surface area contributed by atoms with Crippen molar-refractivity contribution in [2.45, 2.75) is 31.5 Å². The van der Waals surface area contributed by atoms with Crippen molar-refractivity contribution in [2.24, 2.45) is 0 Å². The third-order valence-electron chi connectivity index (χ3n) is 7.99. The Labute approximate surface area is 248 Å². The smallest absolute Gasteiger partial charge is 0.254 e. The van der Waals surface area contributed by atoms with Gasteiger partial charge in [-0.1, -0.05) is 6.07 Å². The summed E-state index contributed by atoms with van der Waals surface area (Å²) in [6, 6.07) is 10.5. The van der Waals surface area contributed by atoms with Crippen LogP contribution >= 0.6 is 0 Å². The van der Waals surface area contributed by atoms with Gasteiger partial charge >= 0.3 is 0 Å². The van der Waals surface area contributed by atoms with Gasteiger partial charge in [-0.2, -0.15) is 0 Å². The summed E-state index contributed by atoms with van der Waals surface area (Å²) < 4.78 is 20.8. The van der Waals surface area contributed by atoms with E-state index in [-0.39, 0.29) is 24.9 Å². The second kappa shape index (κ2) is 11.7. The van der Waals surface area contributed by atoms with Crippen molar-refractivity contribution in [3.8, 4) is 11.3 Å². The minimum Gasteiger partial charge on any atom is -0.387 e. The van der Waals surface area contributed by atoms with E-state index in [4.69, 9.17) is 9.72 Å². The van der Waals surface area contributed by atoms with Crippen LogP contribution in [0.25, 0.3) is 16.9 Å². The molecule has 224 valence electrons. The van der Waals surface area contributed by atoms with Crippen molar-refractivity contribution < 1.29 is 23.8 Å². The summed E-state index contributed by atoms with van der Waals surface area (Å²) in [4.78, 5) is 37.1. The summed E-state index contributed by atoms with van der Waals surface area (Å²) in [5.74, 6) is 0.0690. The predicted octanol–water partition coefficient (Wildman–Crippen LogP) is 3.13. The number of hydrogen-bond donors (Lipinski definition) is 3. The van der Waals surface area contributed by atoms with E-state index in [9.17, 15) is 19.1 Å². The van der Waals surface area contributed by atoms with Crippen LogP contribution in [0.2, 0.25) is 0 Å². The average Bonchev–Trinajstić information content (AvgIpc) is 3.57. The first kappa shape index (κ1) is 28.7.